The van der Waals surface area contributed by atoms with Crippen LogP contribution in [0.5, 0.6) is 0 Å². The Bertz CT molecular complexity index is 917. The van der Waals surface area contributed by atoms with E-state index in [9.17, 15) is 19.2 Å². The van der Waals surface area contributed by atoms with Gasteiger partial charge >= 0.3 is 0 Å². The fraction of sp³-hybridized carbons (Fsp3) is 0.417. The number of benzene rings is 2. The van der Waals surface area contributed by atoms with Crippen molar-refractivity contribution in [1.82, 2.24) is 9.80 Å². The largest absolute Gasteiger partial charge is 0.274 e. The molecule has 0 aliphatic carbocycles. The van der Waals surface area contributed by atoms with Crippen LogP contribution in [0, 0.1) is 0 Å². The Morgan fingerprint density at radius 1 is 0.533 bits per heavy atom. The number of amides is 4. The Hall–Kier alpha value is -3.02. The number of rotatable bonds is 8. The Labute approximate surface area is 175 Å². The first-order valence-electron chi connectivity index (χ1n) is 10.8. The van der Waals surface area contributed by atoms with E-state index < -0.39 is 0 Å². The minimum absolute atomic E-state index is 0.349. The summed E-state index contributed by atoms with van der Waals surface area (Å²) in [5, 5.41) is 0.892. The summed E-state index contributed by atoms with van der Waals surface area (Å²) < 4.78 is 0. The molecule has 4 amide bonds. The van der Waals surface area contributed by atoms with Crippen molar-refractivity contribution >= 4 is 34.4 Å². The molecule has 30 heavy (non-hydrogen) atoms. The molecule has 0 radical (unpaired) electrons. The van der Waals surface area contributed by atoms with Gasteiger partial charge in [-0.05, 0) is 37.1 Å². The minimum atomic E-state index is -0.349. The van der Waals surface area contributed by atoms with E-state index in [1.807, 2.05) is 0 Å². The Morgan fingerprint density at radius 2 is 0.833 bits per heavy atom. The van der Waals surface area contributed by atoms with Gasteiger partial charge in [0.25, 0.3) is 23.6 Å². The Morgan fingerprint density at radius 3 is 1.10 bits per heavy atom. The van der Waals surface area contributed by atoms with E-state index in [0.717, 1.165) is 38.5 Å². The van der Waals surface area contributed by atoms with Crippen molar-refractivity contribution in [3.05, 3.63) is 46.5 Å². The normalized spacial score (nSPS) is 15.5. The maximum atomic E-state index is 13.1. The van der Waals surface area contributed by atoms with Crippen LogP contribution in [-0.4, -0.2) is 46.5 Å². The van der Waals surface area contributed by atoms with Crippen molar-refractivity contribution in [2.24, 2.45) is 0 Å². The molecule has 0 bridgehead atoms. The second-order valence-electron chi connectivity index (χ2n) is 8.01. The standard InChI is InChI=1S/C24H26N2O4/c1-3-5-7-13-25-21(27)15-9-11-17-20-18(12-10-16(19(15)20)22(25)28)24(30)26(23(17)29)14-8-6-4-2/h9-12H,3-8,13-14H2,1-2H3. The van der Waals surface area contributed by atoms with Crippen LogP contribution >= 0.6 is 0 Å². The van der Waals surface area contributed by atoms with Crippen LogP contribution in [-0.2, 0) is 0 Å². The maximum Gasteiger partial charge on any atom is 0.261 e. The van der Waals surface area contributed by atoms with Crippen LogP contribution in [0.3, 0.4) is 0 Å². The molecule has 2 heterocycles. The molecule has 2 aromatic carbocycles. The van der Waals surface area contributed by atoms with Gasteiger partial charge < -0.3 is 0 Å². The molecule has 0 saturated carbocycles. The monoisotopic (exact) mass is 406 g/mol. The zero-order chi connectivity index (χ0) is 21.4. The lowest BCUT2D eigenvalue weighted by Crippen LogP contribution is -2.43. The molecule has 0 spiro atoms. The molecule has 2 aromatic rings. The molecule has 0 aromatic heterocycles. The summed E-state index contributed by atoms with van der Waals surface area (Å²) in [6.45, 7) is 4.88. The van der Waals surface area contributed by atoms with Gasteiger partial charge in [-0.2, -0.15) is 0 Å². The third-order valence-electron chi connectivity index (χ3n) is 6.03. The van der Waals surface area contributed by atoms with E-state index in [-0.39, 0.29) is 23.6 Å². The molecule has 0 atom stereocenters. The second kappa shape index (κ2) is 8.01. The molecule has 0 saturated heterocycles. The second-order valence-corrected chi connectivity index (χ2v) is 8.01. The first-order chi connectivity index (χ1) is 14.5. The van der Waals surface area contributed by atoms with Crippen LogP contribution in [0.2, 0.25) is 0 Å². The highest BCUT2D eigenvalue weighted by molar-refractivity contribution is 6.33. The van der Waals surface area contributed by atoms with Gasteiger partial charge in [0.2, 0.25) is 0 Å². The molecule has 4 rings (SSSR count). The molecular formula is C24H26N2O4. The third kappa shape index (κ3) is 3.02. The number of carbonyl (C=O) groups excluding carboxylic acids is 4. The maximum absolute atomic E-state index is 13.1. The molecule has 2 aliphatic heterocycles. The summed E-state index contributed by atoms with van der Waals surface area (Å²) in [5.74, 6) is -1.40. The van der Waals surface area contributed by atoms with Gasteiger partial charge in [0.1, 0.15) is 0 Å². The van der Waals surface area contributed by atoms with Gasteiger partial charge in [0.15, 0.2) is 0 Å². The van der Waals surface area contributed by atoms with E-state index in [1.165, 1.54) is 9.80 Å². The van der Waals surface area contributed by atoms with Crippen molar-refractivity contribution < 1.29 is 19.2 Å². The number of unbranched alkanes of at least 4 members (excludes halogenated alkanes) is 4. The van der Waals surface area contributed by atoms with E-state index in [1.54, 1.807) is 24.3 Å². The van der Waals surface area contributed by atoms with Crippen molar-refractivity contribution in [3.63, 3.8) is 0 Å². The predicted octanol–water partition coefficient (Wildman–Crippen LogP) is 4.41. The van der Waals surface area contributed by atoms with Crippen molar-refractivity contribution in [3.8, 4) is 0 Å². The summed E-state index contributed by atoms with van der Waals surface area (Å²) >= 11 is 0. The van der Waals surface area contributed by atoms with Crippen LogP contribution in [0.25, 0.3) is 10.8 Å². The van der Waals surface area contributed by atoms with E-state index in [4.69, 9.17) is 0 Å². The van der Waals surface area contributed by atoms with Crippen molar-refractivity contribution in [1.29, 1.82) is 0 Å². The molecular weight excluding hydrogens is 380 g/mol. The Balaban J connectivity index is 1.80. The number of imide groups is 2. The molecule has 0 unspecified atom stereocenters. The number of nitrogens with zero attached hydrogens (tertiary/aromatic N) is 2. The number of hydrogen-bond donors (Lipinski definition) is 0. The molecule has 0 N–H and O–H groups in total. The predicted molar refractivity (Wildman–Crippen MR) is 114 cm³/mol. The first-order valence-corrected chi connectivity index (χ1v) is 10.8. The van der Waals surface area contributed by atoms with Gasteiger partial charge in [-0.25, -0.2) is 0 Å². The topological polar surface area (TPSA) is 74.8 Å². The molecule has 6 heteroatoms. The van der Waals surface area contributed by atoms with Gasteiger partial charge in [0, 0.05) is 46.1 Å². The lowest BCUT2D eigenvalue weighted by molar-refractivity contribution is 0.0586. The molecule has 2 aliphatic rings. The summed E-state index contributed by atoms with van der Waals surface area (Å²) in [7, 11) is 0. The van der Waals surface area contributed by atoms with Gasteiger partial charge in [-0.1, -0.05) is 39.5 Å². The van der Waals surface area contributed by atoms with E-state index >= 15 is 0 Å². The lowest BCUT2D eigenvalue weighted by atomic mass is 9.86. The zero-order valence-electron chi connectivity index (χ0n) is 17.5. The molecule has 0 fully saturated rings. The summed E-state index contributed by atoms with van der Waals surface area (Å²) in [6.07, 6.45) is 5.38. The fourth-order valence-corrected chi connectivity index (χ4v) is 4.42. The van der Waals surface area contributed by atoms with Gasteiger partial charge in [0.05, 0.1) is 0 Å². The fourth-order valence-electron chi connectivity index (χ4n) is 4.42. The van der Waals surface area contributed by atoms with Crippen LogP contribution in [0.1, 0.15) is 93.8 Å². The third-order valence-corrected chi connectivity index (χ3v) is 6.03. The molecule has 6 nitrogen and oxygen atoms in total. The molecule has 156 valence electrons. The highest BCUT2D eigenvalue weighted by Gasteiger charge is 2.39. The van der Waals surface area contributed by atoms with Gasteiger partial charge in [-0.3, -0.25) is 29.0 Å². The zero-order valence-corrected chi connectivity index (χ0v) is 17.5. The average Bonchev–Trinajstić information content (AvgIpc) is 2.75. The van der Waals surface area contributed by atoms with E-state index in [0.29, 0.717) is 46.1 Å². The summed E-state index contributed by atoms with van der Waals surface area (Å²) in [4.78, 5) is 54.8. The first kappa shape index (κ1) is 20.3. The number of hydrogen-bond acceptors (Lipinski definition) is 4. The Kier molecular flexibility index (Phi) is 5.41. The van der Waals surface area contributed by atoms with Crippen molar-refractivity contribution in [2.45, 2.75) is 52.4 Å². The SMILES string of the molecule is CCCCCN1C(=O)c2ccc3c4c(ccc(c24)C1=O)C(=O)N(CCCCC)C3=O. The number of carbonyl (C=O) groups is 4. The average molecular weight is 406 g/mol. The summed E-state index contributed by atoms with van der Waals surface area (Å²) in [5.41, 5.74) is 1.56. The quantitative estimate of drug-likeness (QED) is 0.481. The van der Waals surface area contributed by atoms with E-state index in [2.05, 4.69) is 13.8 Å². The minimum Gasteiger partial charge on any atom is -0.274 e. The smallest absolute Gasteiger partial charge is 0.261 e. The highest BCUT2D eigenvalue weighted by Crippen LogP contribution is 2.37. The summed E-state index contributed by atoms with van der Waals surface area (Å²) in [6, 6.07) is 6.52. The van der Waals surface area contributed by atoms with Gasteiger partial charge in [-0.15, -0.1) is 0 Å². The van der Waals surface area contributed by atoms with Crippen LogP contribution < -0.4 is 0 Å². The van der Waals surface area contributed by atoms with Crippen LogP contribution in [0.4, 0.5) is 0 Å². The van der Waals surface area contributed by atoms with Crippen LogP contribution in [0.15, 0.2) is 24.3 Å². The van der Waals surface area contributed by atoms with Crippen molar-refractivity contribution in [2.75, 3.05) is 13.1 Å². The highest BCUT2D eigenvalue weighted by atomic mass is 16.2. The lowest BCUT2D eigenvalue weighted by Gasteiger charge is -2.32.